The molecule has 0 aromatic heterocycles. The van der Waals surface area contributed by atoms with Crippen LogP contribution in [0.4, 0.5) is 0 Å². The average Bonchev–Trinajstić information content (AvgIpc) is 2.28. The fourth-order valence-corrected chi connectivity index (χ4v) is 2.84. The third kappa shape index (κ3) is 2.04. The minimum absolute atomic E-state index is 0.198. The summed E-state index contributed by atoms with van der Waals surface area (Å²) >= 11 is 6.10. The Hall–Kier alpha value is -0.730. The van der Waals surface area contributed by atoms with E-state index in [0.29, 0.717) is 10.9 Å². The zero-order valence-corrected chi connectivity index (χ0v) is 10.6. The average molecular weight is 240 g/mol. The van der Waals surface area contributed by atoms with Crippen LogP contribution < -0.4 is 5.32 Å². The van der Waals surface area contributed by atoms with E-state index in [1.807, 2.05) is 13.8 Å². The molecule has 0 bridgehead atoms. The van der Waals surface area contributed by atoms with Crippen molar-refractivity contribution in [2.75, 3.05) is 13.1 Å². The van der Waals surface area contributed by atoms with E-state index in [1.54, 1.807) is 6.07 Å². The Morgan fingerprint density at radius 2 is 2.19 bits per heavy atom. The third-order valence-corrected chi connectivity index (χ3v) is 3.92. The number of aryl methyl sites for hydroxylation is 1. The molecule has 1 unspecified atom stereocenters. The molecular weight excluding hydrogens is 222 g/mol. The fraction of sp³-hybridized carbons (Fsp3) is 0.538. The van der Waals surface area contributed by atoms with Crippen molar-refractivity contribution in [1.29, 1.82) is 0 Å². The molecule has 2 nitrogen and oxygen atoms in total. The Morgan fingerprint density at radius 1 is 1.44 bits per heavy atom. The molecule has 1 fully saturated rings. The Balaban J connectivity index is 2.42. The van der Waals surface area contributed by atoms with E-state index < -0.39 is 0 Å². The fourth-order valence-electron chi connectivity index (χ4n) is 2.68. The van der Waals surface area contributed by atoms with Gasteiger partial charge in [-0.25, -0.2) is 0 Å². The highest BCUT2D eigenvalue weighted by molar-refractivity contribution is 6.32. The van der Waals surface area contributed by atoms with Crippen LogP contribution in [0.1, 0.15) is 35.4 Å². The second-order valence-corrected chi connectivity index (χ2v) is 4.99. The van der Waals surface area contributed by atoms with Crippen LogP contribution in [0.5, 0.6) is 5.75 Å². The predicted molar refractivity (Wildman–Crippen MR) is 67.4 cm³/mol. The number of halogens is 1. The highest BCUT2D eigenvalue weighted by Crippen LogP contribution is 2.37. The first-order valence-corrected chi connectivity index (χ1v) is 6.18. The third-order valence-electron chi connectivity index (χ3n) is 3.44. The molecule has 3 heteroatoms. The van der Waals surface area contributed by atoms with E-state index in [0.717, 1.165) is 24.2 Å². The van der Waals surface area contributed by atoms with Crippen LogP contribution in [-0.2, 0) is 0 Å². The number of hydrogen-bond acceptors (Lipinski definition) is 2. The number of phenolic OH excluding ortho intramolecular Hbond substituents is 1. The first-order valence-electron chi connectivity index (χ1n) is 5.80. The summed E-state index contributed by atoms with van der Waals surface area (Å²) in [7, 11) is 0. The molecule has 0 amide bonds. The van der Waals surface area contributed by atoms with Crippen LogP contribution in [0.25, 0.3) is 0 Å². The van der Waals surface area contributed by atoms with E-state index >= 15 is 0 Å². The first-order chi connectivity index (χ1) is 7.61. The molecule has 1 atom stereocenters. The molecular formula is C13H18ClNO. The molecule has 1 aliphatic rings. The second-order valence-electron chi connectivity index (χ2n) is 4.61. The summed E-state index contributed by atoms with van der Waals surface area (Å²) in [6.07, 6.45) is 2.41. The lowest BCUT2D eigenvalue weighted by Gasteiger charge is -2.26. The smallest absolute Gasteiger partial charge is 0.134 e. The van der Waals surface area contributed by atoms with Crippen molar-refractivity contribution in [1.82, 2.24) is 5.32 Å². The molecule has 1 aliphatic heterocycles. The summed E-state index contributed by atoms with van der Waals surface area (Å²) in [5.41, 5.74) is 3.50. The van der Waals surface area contributed by atoms with Gasteiger partial charge in [0.25, 0.3) is 0 Å². The standard InChI is InChI=1S/C13H18ClNO/c1-8-6-11(16)13(14)9(2)12(8)10-4-3-5-15-7-10/h6,10,15-16H,3-5,7H2,1-2H3. The molecule has 1 aromatic rings. The van der Waals surface area contributed by atoms with E-state index in [1.165, 1.54) is 18.4 Å². The Kier molecular flexibility index (Phi) is 3.41. The molecule has 88 valence electrons. The summed E-state index contributed by atoms with van der Waals surface area (Å²) in [5, 5.41) is 13.6. The molecule has 1 saturated heterocycles. The number of hydrogen-bond donors (Lipinski definition) is 2. The highest BCUT2D eigenvalue weighted by atomic mass is 35.5. The quantitative estimate of drug-likeness (QED) is 0.789. The predicted octanol–water partition coefficient (Wildman–Crippen LogP) is 3.13. The van der Waals surface area contributed by atoms with Crippen LogP contribution in [-0.4, -0.2) is 18.2 Å². The van der Waals surface area contributed by atoms with E-state index in [-0.39, 0.29) is 5.75 Å². The van der Waals surface area contributed by atoms with Gasteiger partial charge in [0.05, 0.1) is 5.02 Å². The highest BCUT2D eigenvalue weighted by Gasteiger charge is 2.21. The van der Waals surface area contributed by atoms with Gasteiger partial charge in [0.2, 0.25) is 0 Å². The van der Waals surface area contributed by atoms with Gasteiger partial charge in [-0.2, -0.15) is 0 Å². The lowest BCUT2D eigenvalue weighted by atomic mass is 9.85. The van der Waals surface area contributed by atoms with Crippen LogP contribution >= 0.6 is 11.6 Å². The van der Waals surface area contributed by atoms with Gasteiger partial charge in [-0.05, 0) is 61.9 Å². The summed E-state index contributed by atoms with van der Waals surface area (Å²) < 4.78 is 0. The van der Waals surface area contributed by atoms with Gasteiger partial charge in [-0.15, -0.1) is 0 Å². The SMILES string of the molecule is Cc1cc(O)c(Cl)c(C)c1C1CCCNC1. The maximum Gasteiger partial charge on any atom is 0.134 e. The van der Waals surface area contributed by atoms with Gasteiger partial charge in [-0.3, -0.25) is 0 Å². The molecule has 0 spiro atoms. The van der Waals surface area contributed by atoms with E-state index in [9.17, 15) is 5.11 Å². The summed E-state index contributed by atoms with van der Waals surface area (Å²) in [5.74, 6) is 0.732. The van der Waals surface area contributed by atoms with Crippen molar-refractivity contribution in [2.45, 2.75) is 32.6 Å². The zero-order valence-electron chi connectivity index (χ0n) is 9.81. The van der Waals surface area contributed by atoms with Gasteiger partial charge in [-0.1, -0.05) is 11.6 Å². The number of piperidine rings is 1. The second kappa shape index (κ2) is 4.64. The molecule has 2 rings (SSSR count). The lowest BCUT2D eigenvalue weighted by molar-refractivity contribution is 0.454. The van der Waals surface area contributed by atoms with Crippen LogP contribution in [0.15, 0.2) is 6.07 Å². The van der Waals surface area contributed by atoms with Crippen molar-refractivity contribution in [2.24, 2.45) is 0 Å². The Bertz CT molecular complexity index is 397. The van der Waals surface area contributed by atoms with Crippen molar-refractivity contribution in [3.8, 4) is 5.75 Å². The van der Waals surface area contributed by atoms with Crippen molar-refractivity contribution in [3.05, 3.63) is 27.8 Å². The number of nitrogens with one attached hydrogen (secondary N) is 1. The topological polar surface area (TPSA) is 32.3 Å². The normalized spacial score (nSPS) is 21.1. The Morgan fingerprint density at radius 3 is 2.81 bits per heavy atom. The monoisotopic (exact) mass is 239 g/mol. The molecule has 1 heterocycles. The summed E-state index contributed by atoms with van der Waals surface area (Å²) in [4.78, 5) is 0. The molecule has 0 radical (unpaired) electrons. The molecule has 1 aromatic carbocycles. The largest absolute Gasteiger partial charge is 0.506 e. The van der Waals surface area contributed by atoms with Gasteiger partial charge >= 0.3 is 0 Å². The Labute approximate surface area is 102 Å². The van der Waals surface area contributed by atoms with Crippen molar-refractivity contribution in [3.63, 3.8) is 0 Å². The van der Waals surface area contributed by atoms with Gasteiger partial charge < -0.3 is 10.4 Å². The molecule has 0 aliphatic carbocycles. The van der Waals surface area contributed by atoms with Gasteiger partial charge in [0.1, 0.15) is 5.75 Å². The minimum atomic E-state index is 0.198. The van der Waals surface area contributed by atoms with E-state index in [4.69, 9.17) is 11.6 Å². The number of aromatic hydroxyl groups is 1. The van der Waals surface area contributed by atoms with E-state index in [2.05, 4.69) is 5.32 Å². The number of phenols is 1. The maximum absolute atomic E-state index is 9.66. The number of benzene rings is 1. The first kappa shape index (κ1) is 11.7. The minimum Gasteiger partial charge on any atom is -0.506 e. The summed E-state index contributed by atoms with van der Waals surface area (Å²) in [6, 6.07) is 1.78. The van der Waals surface area contributed by atoms with Gasteiger partial charge in [0, 0.05) is 6.54 Å². The van der Waals surface area contributed by atoms with Gasteiger partial charge in [0.15, 0.2) is 0 Å². The maximum atomic E-state index is 9.66. The van der Waals surface area contributed by atoms with Crippen molar-refractivity contribution < 1.29 is 5.11 Å². The van der Waals surface area contributed by atoms with Crippen LogP contribution in [0.3, 0.4) is 0 Å². The summed E-state index contributed by atoms with van der Waals surface area (Å²) in [6.45, 7) is 6.18. The van der Waals surface area contributed by atoms with Crippen LogP contribution in [0, 0.1) is 13.8 Å². The molecule has 16 heavy (non-hydrogen) atoms. The molecule has 2 N–H and O–H groups in total. The van der Waals surface area contributed by atoms with Crippen LogP contribution in [0.2, 0.25) is 5.02 Å². The molecule has 0 saturated carbocycles. The zero-order chi connectivity index (χ0) is 11.7. The lowest BCUT2D eigenvalue weighted by Crippen LogP contribution is -2.29. The van der Waals surface area contributed by atoms with Crippen molar-refractivity contribution >= 4 is 11.6 Å². The number of rotatable bonds is 1.